The van der Waals surface area contributed by atoms with Crippen molar-refractivity contribution in [2.45, 2.75) is 30.7 Å². The van der Waals surface area contributed by atoms with E-state index < -0.39 is 0 Å². The van der Waals surface area contributed by atoms with E-state index in [0.717, 1.165) is 4.48 Å². The van der Waals surface area contributed by atoms with Gasteiger partial charge in [0.25, 0.3) is 0 Å². The van der Waals surface area contributed by atoms with Crippen LogP contribution in [0, 0.1) is 3.57 Å². The molecule has 0 aliphatic heterocycles. The van der Waals surface area contributed by atoms with Gasteiger partial charge in [-0.25, -0.2) is 0 Å². The fourth-order valence-corrected chi connectivity index (χ4v) is 3.28. The smallest absolute Gasteiger partial charge is 0.115 e. The minimum atomic E-state index is 0. The molecule has 0 aliphatic rings. The molecular formula is C14H23I2NS. The predicted molar refractivity (Wildman–Crippen MR) is 86.6 cm³/mol. The van der Waals surface area contributed by atoms with Crippen molar-refractivity contribution in [2.75, 3.05) is 27.4 Å². The molecule has 0 spiro atoms. The van der Waals surface area contributed by atoms with Gasteiger partial charge in [-0.3, -0.25) is 0 Å². The Balaban J connectivity index is 0.00000289. The quantitative estimate of drug-likeness (QED) is 0.343. The number of hydrogen-bond acceptors (Lipinski definition) is 1. The molecule has 0 aromatic heterocycles. The Morgan fingerprint density at radius 2 is 1.89 bits per heavy atom. The summed E-state index contributed by atoms with van der Waals surface area (Å²) in [6, 6.07) is 7.43. The van der Waals surface area contributed by atoms with E-state index in [2.05, 4.69) is 75.1 Å². The maximum absolute atomic E-state index is 2.47. The Morgan fingerprint density at radius 3 is 2.33 bits per heavy atom. The normalized spacial score (nSPS) is 13.0. The molecular weight excluding hydrogens is 468 g/mol. The van der Waals surface area contributed by atoms with Crippen LogP contribution < -0.4 is 24.0 Å². The van der Waals surface area contributed by atoms with Crippen molar-refractivity contribution in [2.24, 2.45) is 0 Å². The molecule has 0 N–H and O–H groups in total. The summed E-state index contributed by atoms with van der Waals surface area (Å²) in [5.74, 6) is 0. The molecule has 1 atom stereocenters. The maximum Gasteiger partial charge on any atom is 0.115 e. The number of quaternary nitrogens is 1. The molecule has 1 nitrogen and oxygen atoms in total. The van der Waals surface area contributed by atoms with Gasteiger partial charge >= 0.3 is 0 Å². The number of nitrogens with zero attached hydrogens (tertiary/aromatic N) is 1. The summed E-state index contributed by atoms with van der Waals surface area (Å²) < 4.78 is 2.40. The van der Waals surface area contributed by atoms with Crippen LogP contribution in [0.5, 0.6) is 0 Å². The van der Waals surface area contributed by atoms with Crippen LogP contribution in [0.4, 0.5) is 0 Å². The minimum absolute atomic E-state index is 0. The molecule has 0 fully saturated rings. The van der Waals surface area contributed by atoms with Gasteiger partial charge in [-0.15, -0.1) is 11.8 Å². The van der Waals surface area contributed by atoms with Crippen molar-refractivity contribution in [3.8, 4) is 0 Å². The van der Waals surface area contributed by atoms with Gasteiger partial charge in [0, 0.05) is 20.4 Å². The second kappa shape index (κ2) is 8.32. The Labute approximate surface area is 147 Å². The Morgan fingerprint density at radius 1 is 1.28 bits per heavy atom. The van der Waals surface area contributed by atoms with Crippen LogP contribution in [0.2, 0.25) is 0 Å². The molecule has 0 heterocycles. The molecule has 1 aromatic carbocycles. The first-order valence-corrected chi connectivity index (χ1v) is 8.35. The van der Waals surface area contributed by atoms with Gasteiger partial charge in [0.05, 0.1) is 21.1 Å². The Bertz CT molecular complexity index is 375. The van der Waals surface area contributed by atoms with Crippen molar-refractivity contribution < 1.29 is 28.5 Å². The first-order chi connectivity index (χ1) is 7.90. The van der Waals surface area contributed by atoms with E-state index in [9.17, 15) is 0 Å². The summed E-state index contributed by atoms with van der Waals surface area (Å²) >= 11 is 4.30. The van der Waals surface area contributed by atoms with Gasteiger partial charge in [0.1, 0.15) is 6.04 Å². The van der Waals surface area contributed by atoms with Crippen LogP contribution in [-0.4, -0.2) is 31.9 Å². The van der Waals surface area contributed by atoms with Crippen LogP contribution in [-0.2, 0) is 0 Å². The van der Waals surface area contributed by atoms with Crippen LogP contribution in [0.25, 0.3) is 0 Å². The summed E-state index contributed by atoms with van der Waals surface area (Å²) in [6.45, 7) is 2.27. The van der Waals surface area contributed by atoms with E-state index in [4.69, 9.17) is 0 Å². The molecule has 4 heteroatoms. The molecule has 1 rings (SSSR count). The summed E-state index contributed by atoms with van der Waals surface area (Å²) in [5.41, 5.74) is 1.51. The number of hydrogen-bond donors (Lipinski definition) is 0. The van der Waals surface area contributed by atoms with Crippen LogP contribution in [0.3, 0.4) is 0 Å². The second-order valence-electron chi connectivity index (χ2n) is 5.31. The SMILES string of the molecule is CCCC(c1cc(SC)ccc1I)[N+](C)(C)C.[I-]. The third kappa shape index (κ3) is 5.17. The summed E-state index contributed by atoms with van der Waals surface area (Å²) in [5, 5.41) is 0. The molecule has 0 bridgehead atoms. The third-order valence-corrected chi connectivity index (χ3v) is 4.77. The topological polar surface area (TPSA) is 0 Å². The Kier molecular flexibility index (Phi) is 8.77. The molecule has 104 valence electrons. The average Bonchev–Trinajstić information content (AvgIpc) is 2.25. The van der Waals surface area contributed by atoms with Gasteiger partial charge in [-0.05, 0) is 47.0 Å². The van der Waals surface area contributed by atoms with Crippen molar-refractivity contribution in [3.63, 3.8) is 0 Å². The number of halogens is 2. The zero-order valence-electron chi connectivity index (χ0n) is 11.8. The van der Waals surface area contributed by atoms with Crippen molar-refractivity contribution in [3.05, 3.63) is 27.3 Å². The summed E-state index contributed by atoms with van der Waals surface area (Å²) in [6.07, 6.45) is 4.63. The minimum Gasteiger partial charge on any atom is -1.00 e. The molecule has 0 aliphatic carbocycles. The lowest BCUT2D eigenvalue weighted by atomic mass is 10.00. The van der Waals surface area contributed by atoms with Gasteiger partial charge < -0.3 is 28.5 Å². The van der Waals surface area contributed by atoms with E-state index >= 15 is 0 Å². The van der Waals surface area contributed by atoms with E-state index in [1.807, 2.05) is 11.8 Å². The van der Waals surface area contributed by atoms with Gasteiger partial charge in [-0.2, -0.15) is 0 Å². The average molecular weight is 491 g/mol. The summed E-state index contributed by atoms with van der Waals surface area (Å²) in [7, 11) is 6.88. The zero-order valence-corrected chi connectivity index (χ0v) is 17.0. The highest BCUT2D eigenvalue weighted by Crippen LogP contribution is 2.33. The fraction of sp³-hybridized carbons (Fsp3) is 0.571. The highest BCUT2D eigenvalue weighted by molar-refractivity contribution is 14.1. The lowest BCUT2D eigenvalue weighted by molar-refractivity contribution is -0.902. The second-order valence-corrected chi connectivity index (χ2v) is 7.35. The van der Waals surface area contributed by atoms with Crippen LogP contribution in [0.1, 0.15) is 31.4 Å². The fourth-order valence-electron chi connectivity index (χ4n) is 2.14. The largest absolute Gasteiger partial charge is 1.00 e. The molecule has 0 radical (unpaired) electrons. The van der Waals surface area contributed by atoms with Gasteiger partial charge in [0.15, 0.2) is 0 Å². The van der Waals surface area contributed by atoms with Crippen molar-refractivity contribution in [1.82, 2.24) is 0 Å². The van der Waals surface area contributed by atoms with E-state index in [-0.39, 0.29) is 24.0 Å². The van der Waals surface area contributed by atoms with Crippen molar-refractivity contribution >= 4 is 34.4 Å². The number of rotatable bonds is 5. The van der Waals surface area contributed by atoms with Crippen molar-refractivity contribution in [1.29, 1.82) is 0 Å². The van der Waals surface area contributed by atoms with Crippen LogP contribution in [0.15, 0.2) is 23.1 Å². The Hall–Kier alpha value is 0.990. The standard InChI is InChI=1S/C14H23INS.HI/c1-6-7-14(16(2,3)4)12-10-11(17-5)8-9-13(12)15;/h8-10,14H,6-7H2,1-5H3;1H/q+1;/p-1. The first kappa shape index (κ1) is 19.0. The maximum atomic E-state index is 2.47. The van der Waals surface area contributed by atoms with E-state index in [1.54, 1.807) is 0 Å². The van der Waals surface area contributed by atoms with Gasteiger partial charge in [0.2, 0.25) is 0 Å². The predicted octanol–water partition coefficient (Wildman–Crippen LogP) is 1.56. The number of benzene rings is 1. The lowest BCUT2D eigenvalue weighted by Gasteiger charge is -2.35. The monoisotopic (exact) mass is 491 g/mol. The lowest BCUT2D eigenvalue weighted by Crippen LogP contribution is -3.00. The van der Waals surface area contributed by atoms with E-state index in [0.29, 0.717) is 6.04 Å². The molecule has 1 aromatic rings. The molecule has 0 saturated carbocycles. The first-order valence-electron chi connectivity index (χ1n) is 6.04. The van der Waals surface area contributed by atoms with Crippen LogP contribution >= 0.6 is 34.4 Å². The third-order valence-electron chi connectivity index (χ3n) is 3.06. The molecule has 1 unspecified atom stereocenters. The highest BCUT2D eigenvalue weighted by atomic mass is 127. The van der Waals surface area contributed by atoms with E-state index in [1.165, 1.54) is 26.9 Å². The molecule has 0 amide bonds. The van der Waals surface area contributed by atoms with Gasteiger partial charge in [-0.1, -0.05) is 13.3 Å². The molecule has 0 saturated heterocycles. The number of thioether (sulfide) groups is 1. The highest BCUT2D eigenvalue weighted by Gasteiger charge is 2.26. The zero-order chi connectivity index (χ0) is 13.1. The molecule has 18 heavy (non-hydrogen) atoms. The summed E-state index contributed by atoms with van der Waals surface area (Å²) in [4.78, 5) is 1.37.